The van der Waals surface area contributed by atoms with E-state index in [4.69, 9.17) is 5.10 Å². The maximum absolute atomic E-state index is 14.8. The number of rotatable bonds is 5. The molecule has 0 aliphatic carbocycles. The zero-order valence-corrected chi connectivity index (χ0v) is 17.9. The van der Waals surface area contributed by atoms with Crippen LogP contribution in [0.25, 0.3) is 5.69 Å². The zero-order valence-electron chi connectivity index (χ0n) is 17.9. The lowest BCUT2D eigenvalue weighted by molar-refractivity contribution is 0.160. The summed E-state index contributed by atoms with van der Waals surface area (Å²) in [6.45, 7) is 5.86. The smallest absolute Gasteiger partial charge is 0.173 e. The van der Waals surface area contributed by atoms with E-state index >= 15 is 0 Å². The van der Waals surface area contributed by atoms with Crippen molar-refractivity contribution in [3.8, 4) is 5.69 Å². The van der Waals surface area contributed by atoms with Gasteiger partial charge in [-0.15, -0.1) is 5.10 Å². The van der Waals surface area contributed by atoms with E-state index < -0.39 is 17.7 Å². The summed E-state index contributed by atoms with van der Waals surface area (Å²) in [6, 6.07) is 12.8. The van der Waals surface area contributed by atoms with Crippen molar-refractivity contribution in [2.24, 2.45) is 0 Å². The summed E-state index contributed by atoms with van der Waals surface area (Å²) in [6.07, 6.45) is 2.02. The number of aromatic nitrogens is 6. The van der Waals surface area contributed by atoms with Gasteiger partial charge in [0.15, 0.2) is 5.82 Å². The van der Waals surface area contributed by atoms with Crippen LogP contribution in [-0.4, -0.2) is 41.4 Å². The molecule has 1 unspecified atom stereocenters. The molecule has 0 radical (unpaired) electrons. The molecule has 1 aliphatic rings. The quantitative estimate of drug-likeness (QED) is 0.476. The number of halogens is 2. The molecule has 7 nitrogen and oxygen atoms in total. The van der Waals surface area contributed by atoms with E-state index in [-0.39, 0.29) is 11.5 Å². The molecule has 2 aromatic heterocycles. The van der Waals surface area contributed by atoms with Crippen LogP contribution in [0.1, 0.15) is 48.5 Å². The van der Waals surface area contributed by atoms with Gasteiger partial charge in [0.2, 0.25) is 0 Å². The maximum atomic E-state index is 14.8. The van der Waals surface area contributed by atoms with Crippen molar-refractivity contribution in [3.05, 3.63) is 89.0 Å². The maximum Gasteiger partial charge on any atom is 0.173 e. The van der Waals surface area contributed by atoms with Gasteiger partial charge in [0, 0.05) is 30.4 Å². The van der Waals surface area contributed by atoms with Crippen molar-refractivity contribution in [1.82, 2.24) is 34.9 Å². The number of nitrogens with zero attached hydrogens (tertiary/aromatic N) is 7. The first kappa shape index (κ1) is 20.4. The van der Waals surface area contributed by atoms with Crippen molar-refractivity contribution in [1.29, 1.82) is 0 Å². The second-order valence-corrected chi connectivity index (χ2v) is 8.27. The summed E-state index contributed by atoms with van der Waals surface area (Å²) in [5, 5.41) is 16.7. The van der Waals surface area contributed by atoms with Crippen LogP contribution >= 0.6 is 0 Å². The van der Waals surface area contributed by atoms with Crippen LogP contribution in [0.15, 0.2) is 54.7 Å². The molecule has 0 amide bonds. The molecule has 1 aliphatic heterocycles. The molecule has 0 N–H and O–H groups in total. The molecule has 0 saturated heterocycles. The van der Waals surface area contributed by atoms with Crippen molar-refractivity contribution in [2.75, 3.05) is 6.54 Å². The summed E-state index contributed by atoms with van der Waals surface area (Å²) < 4.78 is 32.4. The lowest BCUT2D eigenvalue weighted by atomic mass is 10.00. The molecular formula is C23H23F2N7. The Morgan fingerprint density at radius 2 is 1.88 bits per heavy atom. The molecular weight excluding hydrogens is 412 g/mol. The van der Waals surface area contributed by atoms with Crippen LogP contribution < -0.4 is 0 Å². The fourth-order valence-electron chi connectivity index (χ4n) is 4.28. The third kappa shape index (κ3) is 3.69. The Kier molecular flexibility index (Phi) is 5.26. The molecule has 0 fully saturated rings. The third-order valence-electron chi connectivity index (χ3n) is 5.78. The van der Waals surface area contributed by atoms with E-state index in [2.05, 4.69) is 34.3 Å². The SMILES string of the molecule is CC(C)c1nn(-c2ccccc2)cc1CN1CCn2nnnc2C1c1cc(F)ccc1F. The van der Waals surface area contributed by atoms with Gasteiger partial charge in [-0.2, -0.15) is 5.10 Å². The second kappa shape index (κ2) is 8.23. The lowest BCUT2D eigenvalue weighted by Gasteiger charge is -2.35. The Morgan fingerprint density at radius 3 is 2.66 bits per heavy atom. The van der Waals surface area contributed by atoms with Gasteiger partial charge in [0.1, 0.15) is 17.7 Å². The standard InChI is InChI=1S/C23H23F2N7/c1-15(2)21-16(14-32(27-21)18-6-4-3-5-7-18)13-30-10-11-31-23(26-28-29-31)22(30)19-12-17(24)8-9-20(19)25/h3-9,12,14-15,22H,10-11,13H2,1-2H3. The third-order valence-corrected chi connectivity index (χ3v) is 5.78. The highest BCUT2D eigenvalue weighted by Gasteiger charge is 2.34. The van der Waals surface area contributed by atoms with Crippen molar-refractivity contribution in [3.63, 3.8) is 0 Å². The fourth-order valence-corrected chi connectivity index (χ4v) is 4.28. The summed E-state index contributed by atoms with van der Waals surface area (Å²) in [7, 11) is 0. The Morgan fingerprint density at radius 1 is 1.06 bits per heavy atom. The molecule has 4 aromatic rings. The minimum atomic E-state index is -0.602. The summed E-state index contributed by atoms with van der Waals surface area (Å²) in [5.41, 5.74) is 3.20. The average Bonchev–Trinajstić information content (AvgIpc) is 3.43. The largest absolute Gasteiger partial charge is 0.283 e. The number of hydrogen-bond donors (Lipinski definition) is 0. The second-order valence-electron chi connectivity index (χ2n) is 8.27. The first-order chi connectivity index (χ1) is 15.5. The summed E-state index contributed by atoms with van der Waals surface area (Å²) in [4.78, 5) is 2.09. The minimum absolute atomic E-state index is 0.203. The number of para-hydroxylation sites is 1. The van der Waals surface area contributed by atoms with Crippen LogP contribution in [-0.2, 0) is 13.1 Å². The molecule has 3 heterocycles. The van der Waals surface area contributed by atoms with Crippen LogP contribution in [0.4, 0.5) is 8.78 Å². The van der Waals surface area contributed by atoms with Gasteiger partial charge in [0.25, 0.3) is 0 Å². The first-order valence-electron chi connectivity index (χ1n) is 10.6. The Labute approximate surface area is 184 Å². The van der Waals surface area contributed by atoms with E-state index in [1.165, 1.54) is 6.07 Å². The molecule has 2 aromatic carbocycles. The van der Waals surface area contributed by atoms with E-state index in [0.29, 0.717) is 25.5 Å². The highest BCUT2D eigenvalue weighted by atomic mass is 19.1. The topological polar surface area (TPSA) is 64.7 Å². The highest BCUT2D eigenvalue weighted by molar-refractivity contribution is 5.34. The molecule has 1 atom stereocenters. The molecule has 0 bridgehead atoms. The highest BCUT2D eigenvalue weighted by Crippen LogP contribution is 2.34. The van der Waals surface area contributed by atoms with Gasteiger partial charge in [-0.25, -0.2) is 18.1 Å². The fraction of sp³-hybridized carbons (Fsp3) is 0.304. The van der Waals surface area contributed by atoms with Crippen molar-refractivity contribution in [2.45, 2.75) is 38.9 Å². The van der Waals surface area contributed by atoms with Crippen LogP contribution in [0, 0.1) is 11.6 Å². The van der Waals surface area contributed by atoms with E-state index in [1.807, 2.05) is 41.2 Å². The molecule has 164 valence electrons. The van der Waals surface area contributed by atoms with Crippen LogP contribution in [0.3, 0.4) is 0 Å². The van der Waals surface area contributed by atoms with E-state index in [1.54, 1.807) is 4.68 Å². The molecule has 0 spiro atoms. The lowest BCUT2D eigenvalue weighted by Crippen LogP contribution is -2.39. The predicted molar refractivity (Wildman–Crippen MR) is 114 cm³/mol. The zero-order chi connectivity index (χ0) is 22.2. The first-order valence-corrected chi connectivity index (χ1v) is 10.6. The van der Waals surface area contributed by atoms with Gasteiger partial charge >= 0.3 is 0 Å². The minimum Gasteiger partial charge on any atom is -0.283 e. The predicted octanol–water partition coefficient (Wildman–Crippen LogP) is 3.87. The Hall–Kier alpha value is -3.46. The van der Waals surface area contributed by atoms with Gasteiger partial charge in [0.05, 0.1) is 17.9 Å². The number of tetrazole rings is 1. The number of fused-ring (bicyclic) bond motifs is 1. The van der Waals surface area contributed by atoms with Gasteiger partial charge in [-0.1, -0.05) is 32.0 Å². The average molecular weight is 435 g/mol. The van der Waals surface area contributed by atoms with Gasteiger partial charge in [-0.05, 0) is 46.7 Å². The molecule has 0 saturated carbocycles. The number of benzene rings is 2. The number of hydrogen-bond acceptors (Lipinski definition) is 5. The van der Waals surface area contributed by atoms with Crippen LogP contribution in [0.5, 0.6) is 0 Å². The molecule has 5 rings (SSSR count). The summed E-state index contributed by atoms with van der Waals surface area (Å²) >= 11 is 0. The Balaban J connectivity index is 1.56. The van der Waals surface area contributed by atoms with E-state index in [0.717, 1.165) is 29.1 Å². The summed E-state index contributed by atoms with van der Waals surface area (Å²) in [5.74, 6) is -0.274. The Bertz CT molecular complexity index is 1230. The monoisotopic (exact) mass is 435 g/mol. The van der Waals surface area contributed by atoms with Crippen molar-refractivity contribution < 1.29 is 8.78 Å². The van der Waals surface area contributed by atoms with E-state index in [9.17, 15) is 8.78 Å². The normalized spacial score (nSPS) is 16.5. The van der Waals surface area contributed by atoms with Gasteiger partial charge in [-0.3, -0.25) is 4.90 Å². The molecule has 32 heavy (non-hydrogen) atoms. The molecule has 9 heteroatoms. The van der Waals surface area contributed by atoms with Crippen molar-refractivity contribution >= 4 is 0 Å². The van der Waals surface area contributed by atoms with Crippen LogP contribution in [0.2, 0.25) is 0 Å². The van der Waals surface area contributed by atoms with Gasteiger partial charge < -0.3 is 0 Å².